The monoisotopic (exact) mass is 397 g/mol. The molecule has 118 valence electrons. The Kier molecular flexibility index (Phi) is 6.65. The van der Waals surface area contributed by atoms with Crippen molar-refractivity contribution < 1.29 is 18.3 Å². The first kappa shape index (κ1) is 18.4. The number of carboxylic acids is 1. The second kappa shape index (κ2) is 7.58. The molecule has 0 aliphatic heterocycles. The van der Waals surface area contributed by atoms with Gasteiger partial charge in [0, 0.05) is 11.0 Å². The van der Waals surface area contributed by atoms with E-state index in [2.05, 4.69) is 20.7 Å². The molecule has 1 atom stereocenters. The maximum atomic E-state index is 12.1. The zero-order valence-electron chi connectivity index (χ0n) is 11.6. The van der Waals surface area contributed by atoms with E-state index in [0.29, 0.717) is 15.9 Å². The van der Waals surface area contributed by atoms with Gasteiger partial charge in [0.2, 0.25) is 10.0 Å². The largest absolute Gasteiger partial charge is 0.481 e. The van der Waals surface area contributed by atoms with Gasteiger partial charge in [-0.15, -0.1) is 0 Å². The molecule has 0 saturated heterocycles. The SMILES string of the molecule is CC(C)CC(CNS(=O)(=O)c1ccc(Cl)c(Br)c1)C(=O)O. The molecule has 0 heterocycles. The van der Waals surface area contributed by atoms with Crippen LogP contribution in [0.25, 0.3) is 0 Å². The number of aliphatic carboxylic acids is 1. The molecule has 0 radical (unpaired) electrons. The first-order chi connectivity index (χ1) is 9.63. The molecular formula is C13H17BrClNO4S. The van der Waals surface area contributed by atoms with Gasteiger partial charge in [0.25, 0.3) is 0 Å². The number of nitrogens with one attached hydrogen (secondary N) is 1. The van der Waals surface area contributed by atoms with Gasteiger partial charge in [0.05, 0.1) is 15.8 Å². The Hall–Kier alpha value is -0.630. The molecule has 1 rings (SSSR count). The minimum absolute atomic E-state index is 0.0347. The standard InChI is InChI=1S/C13H17BrClNO4S/c1-8(2)5-9(13(17)18)7-16-21(19,20)10-3-4-12(15)11(14)6-10/h3-4,6,8-9,16H,5,7H2,1-2H3,(H,17,18). The van der Waals surface area contributed by atoms with Crippen molar-refractivity contribution in [3.8, 4) is 0 Å². The number of sulfonamides is 1. The molecule has 0 spiro atoms. The summed E-state index contributed by atoms with van der Waals surface area (Å²) in [6.45, 7) is 3.64. The molecule has 2 N–H and O–H groups in total. The van der Waals surface area contributed by atoms with Crippen LogP contribution in [0.5, 0.6) is 0 Å². The van der Waals surface area contributed by atoms with E-state index in [1.165, 1.54) is 18.2 Å². The highest BCUT2D eigenvalue weighted by molar-refractivity contribution is 9.10. The molecule has 0 aliphatic rings. The van der Waals surface area contributed by atoms with Crippen molar-refractivity contribution in [3.63, 3.8) is 0 Å². The molecule has 1 aromatic rings. The molecule has 1 unspecified atom stereocenters. The summed E-state index contributed by atoms with van der Waals surface area (Å²) in [5, 5.41) is 9.51. The maximum absolute atomic E-state index is 12.1. The normalized spacial score (nSPS) is 13.4. The van der Waals surface area contributed by atoms with E-state index in [0.717, 1.165) is 0 Å². The summed E-state index contributed by atoms with van der Waals surface area (Å²) in [7, 11) is -3.77. The third-order valence-corrected chi connectivity index (χ3v) is 5.46. The number of rotatable bonds is 7. The van der Waals surface area contributed by atoms with Gasteiger partial charge in [0.1, 0.15) is 0 Å². The van der Waals surface area contributed by atoms with E-state index in [-0.39, 0.29) is 17.4 Å². The highest BCUT2D eigenvalue weighted by Gasteiger charge is 2.23. The third kappa shape index (κ3) is 5.58. The summed E-state index contributed by atoms with van der Waals surface area (Å²) in [5.74, 6) is -1.60. The predicted octanol–water partition coefficient (Wildman–Crippen LogP) is 3.13. The lowest BCUT2D eigenvalue weighted by atomic mass is 9.98. The van der Waals surface area contributed by atoms with E-state index in [9.17, 15) is 13.2 Å². The van der Waals surface area contributed by atoms with Gasteiger partial charge < -0.3 is 5.11 Å². The van der Waals surface area contributed by atoms with E-state index < -0.39 is 21.9 Å². The Labute approximate surface area is 137 Å². The number of carbonyl (C=O) groups is 1. The summed E-state index contributed by atoms with van der Waals surface area (Å²) in [4.78, 5) is 11.2. The first-order valence-electron chi connectivity index (χ1n) is 6.31. The lowest BCUT2D eigenvalue weighted by Gasteiger charge is -2.15. The van der Waals surface area contributed by atoms with Crippen molar-refractivity contribution in [3.05, 3.63) is 27.7 Å². The van der Waals surface area contributed by atoms with Crippen LogP contribution in [0.15, 0.2) is 27.6 Å². The number of carboxylic acid groups (broad SMARTS) is 1. The van der Waals surface area contributed by atoms with Crippen molar-refractivity contribution >= 4 is 43.5 Å². The van der Waals surface area contributed by atoms with Crippen LogP contribution in [0.1, 0.15) is 20.3 Å². The second-order valence-electron chi connectivity index (χ2n) is 5.09. The lowest BCUT2D eigenvalue weighted by molar-refractivity contribution is -0.142. The summed E-state index contributed by atoms with van der Waals surface area (Å²) in [6.07, 6.45) is 0.405. The number of halogens is 2. The maximum Gasteiger partial charge on any atom is 0.307 e. The first-order valence-corrected chi connectivity index (χ1v) is 8.96. The van der Waals surface area contributed by atoms with Crippen LogP contribution in [-0.4, -0.2) is 26.0 Å². The van der Waals surface area contributed by atoms with Crippen molar-refractivity contribution in [1.82, 2.24) is 4.72 Å². The van der Waals surface area contributed by atoms with Gasteiger partial charge in [-0.2, -0.15) is 0 Å². The van der Waals surface area contributed by atoms with Gasteiger partial charge >= 0.3 is 5.97 Å². The Morgan fingerprint density at radius 2 is 2.05 bits per heavy atom. The molecule has 0 amide bonds. The number of benzene rings is 1. The highest BCUT2D eigenvalue weighted by atomic mass is 79.9. The summed E-state index contributed by atoms with van der Waals surface area (Å²) < 4.78 is 27.1. The van der Waals surface area contributed by atoms with Crippen molar-refractivity contribution in [1.29, 1.82) is 0 Å². The smallest absolute Gasteiger partial charge is 0.307 e. The quantitative estimate of drug-likeness (QED) is 0.739. The molecule has 0 aromatic heterocycles. The van der Waals surface area contributed by atoms with Crippen LogP contribution < -0.4 is 4.72 Å². The van der Waals surface area contributed by atoms with E-state index >= 15 is 0 Å². The fraction of sp³-hybridized carbons (Fsp3) is 0.462. The van der Waals surface area contributed by atoms with E-state index in [4.69, 9.17) is 16.7 Å². The van der Waals surface area contributed by atoms with Gasteiger partial charge in [-0.05, 0) is 46.5 Å². The van der Waals surface area contributed by atoms with Crippen LogP contribution in [0.4, 0.5) is 0 Å². The molecular weight excluding hydrogens is 382 g/mol. The Balaban J connectivity index is 2.84. The highest BCUT2D eigenvalue weighted by Crippen LogP contribution is 2.25. The molecule has 0 aliphatic carbocycles. The van der Waals surface area contributed by atoms with Crippen LogP contribution in [0, 0.1) is 11.8 Å². The molecule has 1 aromatic carbocycles. The van der Waals surface area contributed by atoms with Crippen LogP contribution in [0.3, 0.4) is 0 Å². The van der Waals surface area contributed by atoms with Crippen LogP contribution in [0.2, 0.25) is 5.02 Å². The van der Waals surface area contributed by atoms with Crippen molar-refractivity contribution in [2.24, 2.45) is 11.8 Å². The van der Waals surface area contributed by atoms with Crippen molar-refractivity contribution in [2.75, 3.05) is 6.54 Å². The Morgan fingerprint density at radius 3 is 2.52 bits per heavy atom. The van der Waals surface area contributed by atoms with Crippen molar-refractivity contribution in [2.45, 2.75) is 25.2 Å². The fourth-order valence-corrected chi connectivity index (χ4v) is 3.53. The molecule has 21 heavy (non-hydrogen) atoms. The number of hydrogen-bond acceptors (Lipinski definition) is 3. The number of hydrogen-bond donors (Lipinski definition) is 2. The second-order valence-corrected chi connectivity index (χ2v) is 8.12. The average Bonchev–Trinajstić information content (AvgIpc) is 2.37. The molecule has 5 nitrogen and oxygen atoms in total. The molecule has 8 heteroatoms. The third-order valence-electron chi connectivity index (χ3n) is 2.83. The zero-order valence-corrected chi connectivity index (χ0v) is 14.8. The zero-order chi connectivity index (χ0) is 16.2. The topological polar surface area (TPSA) is 83.5 Å². The van der Waals surface area contributed by atoms with Gasteiger partial charge in [-0.25, -0.2) is 13.1 Å². The summed E-state index contributed by atoms with van der Waals surface area (Å²) in [5.41, 5.74) is 0. The van der Waals surface area contributed by atoms with Gasteiger partial charge in [-0.3, -0.25) is 4.79 Å². The Bertz CT molecular complexity index is 619. The molecule has 0 saturated carbocycles. The van der Waals surface area contributed by atoms with E-state index in [1.54, 1.807) is 0 Å². The average molecular weight is 399 g/mol. The fourth-order valence-electron chi connectivity index (χ4n) is 1.78. The Morgan fingerprint density at radius 1 is 1.43 bits per heavy atom. The molecule has 0 bridgehead atoms. The minimum atomic E-state index is -3.77. The summed E-state index contributed by atoms with van der Waals surface area (Å²) in [6, 6.07) is 4.21. The summed E-state index contributed by atoms with van der Waals surface area (Å²) >= 11 is 8.97. The van der Waals surface area contributed by atoms with Gasteiger partial charge in [-0.1, -0.05) is 25.4 Å². The van der Waals surface area contributed by atoms with E-state index in [1.807, 2.05) is 13.8 Å². The lowest BCUT2D eigenvalue weighted by Crippen LogP contribution is -2.33. The van der Waals surface area contributed by atoms with Gasteiger partial charge in [0.15, 0.2) is 0 Å². The van der Waals surface area contributed by atoms with Crippen LogP contribution in [-0.2, 0) is 14.8 Å². The van der Waals surface area contributed by atoms with Crippen LogP contribution >= 0.6 is 27.5 Å². The molecule has 0 fully saturated rings. The minimum Gasteiger partial charge on any atom is -0.481 e. The predicted molar refractivity (Wildman–Crippen MR) is 84.9 cm³/mol.